The molecule has 1 aromatic rings. The Bertz CT molecular complexity index is 364. The van der Waals surface area contributed by atoms with Crippen LogP contribution in [0.5, 0.6) is 0 Å². The maximum absolute atomic E-state index is 11.9. The molecule has 0 aliphatic carbocycles. The molecule has 3 heteroatoms. The summed E-state index contributed by atoms with van der Waals surface area (Å²) < 4.78 is 0. The molecule has 0 saturated heterocycles. The normalized spacial score (nSPS) is 11.3. The third kappa shape index (κ3) is 2.55. The highest BCUT2D eigenvalue weighted by Gasteiger charge is 2.22. The van der Waals surface area contributed by atoms with Crippen molar-refractivity contribution in [1.82, 2.24) is 9.88 Å². The zero-order chi connectivity index (χ0) is 11.6. The van der Waals surface area contributed by atoms with Gasteiger partial charge in [-0.15, -0.1) is 0 Å². The van der Waals surface area contributed by atoms with Gasteiger partial charge in [0.15, 0.2) is 0 Å². The molecule has 1 heterocycles. The number of carbonyl (C=O) groups excluding carboxylic acids is 1. The van der Waals surface area contributed by atoms with E-state index in [1.165, 1.54) is 0 Å². The molecule has 1 amide bonds. The van der Waals surface area contributed by atoms with Crippen LogP contribution in [0.4, 0.5) is 0 Å². The first kappa shape index (κ1) is 11.7. The molecule has 0 radical (unpaired) electrons. The molecule has 0 fully saturated rings. The van der Waals surface area contributed by atoms with E-state index in [0.29, 0.717) is 0 Å². The van der Waals surface area contributed by atoms with Crippen LogP contribution in [0.1, 0.15) is 36.7 Å². The van der Waals surface area contributed by atoms with Crippen LogP contribution >= 0.6 is 0 Å². The minimum atomic E-state index is -0.0603. The Hall–Kier alpha value is -1.38. The van der Waals surface area contributed by atoms with Gasteiger partial charge in [0, 0.05) is 32.1 Å². The van der Waals surface area contributed by atoms with E-state index < -0.39 is 0 Å². The number of rotatable bonds is 1. The maximum Gasteiger partial charge on any atom is 0.253 e. The second-order valence-corrected chi connectivity index (χ2v) is 4.87. The summed E-state index contributed by atoms with van der Waals surface area (Å²) >= 11 is 0. The van der Waals surface area contributed by atoms with E-state index in [2.05, 4.69) is 25.8 Å². The number of amides is 1. The molecule has 1 rings (SSSR count). The standard InChI is InChI=1S/C12H18N2O/c1-12(2,3)10-8-13-7-6-9(10)11(15)14(4)5/h6-8H,1-5H3. The van der Waals surface area contributed by atoms with Gasteiger partial charge in [0.1, 0.15) is 0 Å². The molecule has 1 aromatic heterocycles. The maximum atomic E-state index is 11.9. The molecule has 0 bridgehead atoms. The van der Waals surface area contributed by atoms with Crippen molar-refractivity contribution in [2.75, 3.05) is 14.1 Å². The van der Waals surface area contributed by atoms with Crippen molar-refractivity contribution < 1.29 is 4.79 Å². The number of carbonyl (C=O) groups is 1. The van der Waals surface area contributed by atoms with E-state index in [1.807, 2.05) is 0 Å². The van der Waals surface area contributed by atoms with E-state index in [0.717, 1.165) is 11.1 Å². The molecule has 0 aliphatic heterocycles. The number of pyridine rings is 1. The molecule has 0 atom stereocenters. The first-order valence-electron chi connectivity index (χ1n) is 5.00. The van der Waals surface area contributed by atoms with Gasteiger partial charge >= 0.3 is 0 Å². The fraction of sp³-hybridized carbons (Fsp3) is 0.500. The molecular formula is C12H18N2O. The quantitative estimate of drug-likeness (QED) is 0.705. The Balaban J connectivity index is 3.25. The average Bonchev–Trinajstić information content (AvgIpc) is 2.15. The predicted octanol–water partition coefficient (Wildman–Crippen LogP) is 2.08. The minimum Gasteiger partial charge on any atom is -0.345 e. The van der Waals surface area contributed by atoms with Gasteiger partial charge in [0.25, 0.3) is 5.91 Å². The van der Waals surface area contributed by atoms with Crippen LogP contribution in [0.2, 0.25) is 0 Å². The van der Waals surface area contributed by atoms with Crippen LogP contribution in [-0.2, 0) is 5.41 Å². The van der Waals surface area contributed by atoms with Crippen LogP contribution in [0.3, 0.4) is 0 Å². The first-order valence-corrected chi connectivity index (χ1v) is 5.00. The summed E-state index contributed by atoms with van der Waals surface area (Å²) in [6.07, 6.45) is 3.43. The monoisotopic (exact) mass is 206 g/mol. The van der Waals surface area contributed by atoms with Crippen LogP contribution in [-0.4, -0.2) is 29.9 Å². The lowest BCUT2D eigenvalue weighted by Gasteiger charge is -2.23. The van der Waals surface area contributed by atoms with Gasteiger partial charge in [-0.3, -0.25) is 9.78 Å². The Morgan fingerprint density at radius 3 is 2.40 bits per heavy atom. The molecule has 15 heavy (non-hydrogen) atoms. The zero-order valence-electron chi connectivity index (χ0n) is 10.0. The van der Waals surface area contributed by atoms with Crippen molar-refractivity contribution in [2.45, 2.75) is 26.2 Å². The fourth-order valence-electron chi connectivity index (χ4n) is 1.42. The Labute approximate surface area is 91.1 Å². The van der Waals surface area contributed by atoms with E-state index in [-0.39, 0.29) is 11.3 Å². The number of hydrogen-bond acceptors (Lipinski definition) is 2. The summed E-state index contributed by atoms with van der Waals surface area (Å²) in [6.45, 7) is 6.24. The summed E-state index contributed by atoms with van der Waals surface area (Å²) in [7, 11) is 3.52. The lowest BCUT2D eigenvalue weighted by molar-refractivity contribution is 0.0825. The van der Waals surface area contributed by atoms with E-state index in [1.54, 1.807) is 37.5 Å². The molecule has 0 unspecified atom stereocenters. The molecule has 3 nitrogen and oxygen atoms in total. The molecular weight excluding hydrogens is 188 g/mol. The van der Waals surface area contributed by atoms with Crippen molar-refractivity contribution >= 4 is 5.91 Å². The molecule has 0 N–H and O–H groups in total. The average molecular weight is 206 g/mol. The van der Waals surface area contributed by atoms with Gasteiger partial charge in [0.2, 0.25) is 0 Å². The van der Waals surface area contributed by atoms with Crippen molar-refractivity contribution in [3.63, 3.8) is 0 Å². The van der Waals surface area contributed by atoms with E-state index in [4.69, 9.17) is 0 Å². The highest BCUT2D eigenvalue weighted by atomic mass is 16.2. The SMILES string of the molecule is CN(C)C(=O)c1ccncc1C(C)(C)C. The highest BCUT2D eigenvalue weighted by Crippen LogP contribution is 2.25. The first-order chi connectivity index (χ1) is 6.84. The molecule has 0 spiro atoms. The summed E-state index contributed by atoms with van der Waals surface area (Å²) in [4.78, 5) is 17.6. The van der Waals surface area contributed by atoms with Crippen LogP contribution in [0, 0.1) is 0 Å². The van der Waals surface area contributed by atoms with Gasteiger partial charge in [-0.2, -0.15) is 0 Å². The molecule has 0 aromatic carbocycles. The van der Waals surface area contributed by atoms with Crippen molar-refractivity contribution in [1.29, 1.82) is 0 Å². The molecule has 82 valence electrons. The van der Waals surface area contributed by atoms with Crippen LogP contribution in [0.25, 0.3) is 0 Å². The summed E-state index contributed by atoms with van der Waals surface area (Å²) in [5.74, 6) is 0.0299. The third-order valence-electron chi connectivity index (χ3n) is 2.27. The lowest BCUT2D eigenvalue weighted by Crippen LogP contribution is -2.26. The second kappa shape index (κ2) is 4.01. The van der Waals surface area contributed by atoms with Crippen molar-refractivity contribution in [3.05, 3.63) is 29.6 Å². The number of aromatic nitrogens is 1. The highest BCUT2D eigenvalue weighted by molar-refractivity contribution is 5.95. The van der Waals surface area contributed by atoms with Gasteiger partial charge < -0.3 is 4.90 Å². The van der Waals surface area contributed by atoms with Gasteiger partial charge in [0.05, 0.1) is 0 Å². The summed E-state index contributed by atoms with van der Waals surface area (Å²) in [5.41, 5.74) is 1.67. The van der Waals surface area contributed by atoms with E-state index >= 15 is 0 Å². The minimum absolute atomic E-state index is 0.0299. The van der Waals surface area contributed by atoms with Crippen LogP contribution in [0.15, 0.2) is 18.5 Å². The molecule has 0 aliphatic rings. The molecule has 0 saturated carbocycles. The van der Waals surface area contributed by atoms with E-state index in [9.17, 15) is 4.79 Å². The van der Waals surface area contributed by atoms with Gasteiger partial charge in [-0.05, 0) is 17.0 Å². The number of nitrogens with zero attached hydrogens (tertiary/aromatic N) is 2. The zero-order valence-corrected chi connectivity index (χ0v) is 10.0. The lowest BCUT2D eigenvalue weighted by atomic mass is 9.85. The topological polar surface area (TPSA) is 33.2 Å². The fourth-order valence-corrected chi connectivity index (χ4v) is 1.42. The van der Waals surface area contributed by atoms with Gasteiger partial charge in [-0.1, -0.05) is 20.8 Å². The predicted molar refractivity (Wildman–Crippen MR) is 61.0 cm³/mol. The second-order valence-electron chi connectivity index (χ2n) is 4.87. The third-order valence-corrected chi connectivity index (χ3v) is 2.27. The van der Waals surface area contributed by atoms with Crippen molar-refractivity contribution in [2.24, 2.45) is 0 Å². The smallest absolute Gasteiger partial charge is 0.253 e. The Morgan fingerprint density at radius 1 is 1.33 bits per heavy atom. The Kier molecular flexibility index (Phi) is 3.12. The summed E-state index contributed by atoms with van der Waals surface area (Å²) in [5, 5.41) is 0. The largest absolute Gasteiger partial charge is 0.345 e. The van der Waals surface area contributed by atoms with Crippen LogP contribution < -0.4 is 0 Å². The van der Waals surface area contributed by atoms with Crippen molar-refractivity contribution in [3.8, 4) is 0 Å². The summed E-state index contributed by atoms with van der Waals surface area (Å²) in [6, 6.07) is 1.78. The Morgan fingerprint density at radius 2 is 1.93 bits per heavy atom. The number of hydrogen-bond donors (Lipinski definition) is 0. The van der Waals surface area contributed by atoms with Gasteiger partial charge in [-0.25, -0.2) is 0 Å².